The molecule has 160 valence electrons. The Bertz CT molecular complexity index is 1190. The lowest BCUT2D eigenvalue weighted by Crippen LogP contribution is -2.18. The number of thiophene rings is 1. The van der Waals surface area contributed by atoms with Crippen molar-refractivity contribution in [3.63, 3.8) is 0 Å². The van der Waals surface area contributed by atoms with E-state index in [4.69, 9.17) is 38.9 Å². The van der Waals surface area contributed by atoms with Crippen molar-refractivity contribution < 1.29 is 0 Å². The third-order valence-electron chi connectivity index (χ3n) is 5.10. The number of benzene rings is 2. The van der Waals surface area contributed by atoms with Crippen LogP contribution in [0.5, 0.6) is 0 Å². The smallest absolute Gasteiger partial charge is 0.104 e. The zero-order chi connectivity index (χ0) is 22.0. The summed E-state index contributed by atoms with van der Waals surface area (Å²) in [5.41, 5.74) is 10.8. The van der Waals surface area contributed by atoms with Gasteiger partial charge < -0.3 is 10.6 Å². The van der Waals surface area contributed by atoms with Crippen molar-refractivity contribution >= 4 is 45.6 Å². The molecule has 0 radical (unpaired) electrons. The number of nitrogens with zero attached hydrogens (tertiary/aromatic N) is 3. The lowest BCUT2D eigenvalue weighted by molar-refractivity contribution is 0.385. The van der Waals surface area contributed by atoms with Gasteiger partial charge in [-0.25, -0.2) is 9.97 Å². The molecule has 4 rings (SSSR count). The summed E-state index contributed by atoms with van der Waals surface area (Å²) < 4.78 is 0. The molecule has 0 aliphatic carbocycles. The highest BCUT2D eigenvalue weighted by atomic mass is 35.5. The van der Waals surface area contributed by atoms with Gasteiger partial charge in [-0.15, -0.1) is 11.3 Å². The van der Waals surface area contributed by atoms with E-state index in [1.54, 1.807) is 23.5 Å². The van der Waals surface area contributed by atoms with E-state index in [0.29, 0.717) is 21.1 Å². The molecule has 0 bridgehead atoms. The van der Waals surface area contributed by atoms with Crippen molar-refractivity contribution in [3.8, 4) is 21.0 Å². The summed E-state index contributed by atoms with van der Waals surface area (Å²) in [6.07, 6.45) is 1.80. The fraction of sp³-hybridized carbons (Fsp3) is 0.250. The number of aromatic nitrogens is 2. The minimum absolute atomic E-state index is 0.219. The van der Waals surface area contributed by atoms with Crippen LogP contribution in [-0.4, -0.2) is 35.5 Å². The summed E-state index contributed by atoms with van der Waals surface area (Å²) in [5.74, 6) is 0. The third-order valence-corrected chi connectivity index (χ3v) is 6.97. The molecule has 4 nitrogen and oxygen atoms in total. The first kappa shape index (κ1) is 22.2. The molecule has 0 amide bonds. The van der Waals surface area contributed by atoms with E-state index >= 15 is 0 Å². The van der Waals surface area contributed by atoms with Gasteiger partial charge in [0.05, 0.1) is 31.6 Å². The van der Waals surface area contributed by atoms with Gasteiger partial charge in [-0.05, 0) is 63.3 Å². The molecule has 2 N–H and O–H groups in total. The highest BCUT2D eigenvalue weighted by molar-refractivity contribution is 7.18. The number of nitrogens with two attached hydrogens (primary N) is 1. The first-order valence-corrected chi connectivity index (χ1v) is 11.7. The van der Waals surface area contributed by atoms with Gasteiger partial charge >= 0.3 is 0 Å². The summed E-state index contributed by atoms with van der Waals surface area (Å²) in [6, 6.07) is 17.8. The first-order valence-electron chi connectivity index (χ1n) is 10.1. The van der Waals surface area contributed by atoms with Crippen LogP contribution in [-0.2, 0) is 0 Å². The van der Waals surface area contributed by atoms with Crippen molar-refractivity contribution in [2.24, 2.45) is 5.73 Å². The van der Waals surface area contributed by atoms with E-state index in [1.165, 1.54) is 10.4 Å². The third kappa shape index (κ3) is 5.08. The van der Waals surface area contributed by atoms with Crippen molar-refractivity contribution in [2.75, 3.05) is 20.6 Å². The summed E-state index contributed by atoms with van der Waals surface area (Å²) in [7, 11) is 4.13. The first-order chi connectivity index (χ1) is 14.9. The van der Waals surface area contributed by atoms with E-state index in [0.717, 1.165) is 35.7 Å². The SMILES string of the molecule is CN(C)CCCC(N)c1nc2cc(Cl)c(Cl)cc2nc1-c1ccc(-c2ccccc2)s1. The van der Waals surface area contributed by atoms with Crippen LogP contribution in [0, 0.1) is 0 Å². The van der Waals surface area contributed by atoms with Crippen LogP contribution in [0.2, 0.25) is 10.0 Å². The molecule has 2 heterocycles. The Kier molecular flexibility index (Phi) is 6.89. The molecule has 31 heavy (non-hydrogen) atoms. The fourth-order valence-electron chi connectivity index (χ4n) is 3.49. The maximum atomic E-state index is 6.62. The van der Waals surface area contributed by atoms with Crippen LogP contribution in [0.4, 0.5) is 0 Å². The average Bonchev–Trinajstić information content (AvgIpc) is 3.24. The zero-order valence-corrected chi connectivity index (χ0v) is 19.8. The number of fused-ring (bicyclic) bond motifs is 1. The molecule has 0 aliphatic rings. The Morgan fingerprint density at radius 2 is 1.58 bits per heavy atom. The highest BCUT2D eigenvalue weighted by Gasteiger charge is 2.20. The van der Waals surface area contributed by atoms with Gasteiger partial charge in [0.25, 0.3) is 0 Å². The van der Waals surface area contributed by atoms with Crippen LogP contribution in [0.15, 0.2) is 54.6 Å². The van der Waals surface area contributed by atoms with Gasteiger partial charge in [-0.3, -0.25) is 0 Å². The van der Waals surface area contributed by atoms with Gasteiger partial charge in [0.1, 0.15) is 5.69 Å². The molecule has 4 aromatic rings. The monoisotopic (exact) mass is 470 g/mol. The molecular weight excluding hydrogens is 447 g/mol. The molecular formula is C24H24Cl2N4S. The normalized spacial score (nSPS) is 12.6. The summed E-state index contributed by atoms with van der Waals surface area (Å²) >= 11 is 14.2. The summed E-state index contributed by atoms with van der Waals surface area (Å²) in [6.45, 7) is 0.975. The predicted octanol–water partition coefficient (Wildman–Crippen LogP) is 6.67. The van der Waals surface area contributed by atoms with Crippen LogP contribution in [0.1, 0.15) is 24.6 Å². The van der Waals surface area contributed by atoms with E-state index in [9.17, 15) is 0 Å². The maximum absolute atomic E-state index is 6.62. The number of hydrogen-bond acceptors (Lipinski definition) is 5. The van der Waals surface area contributed by atoms with Crippen molar-refractivity contribution in [1.29, 1.82) is 0 Å². The second-order valence-corrected chi connectivity index (χ2v) is 9.69. The molecule has 2 aromatic heterocycles. The molecule has 0 fully saturated rings. The lowest BCUT2D eigenvalue weighted by atomic mass is 10.0. The van der Waals surface area contributed by atoms with Crippen molar-refractivity contribution in [3.05, 3.63) is 70.3 Å². The van der Waals surface area contributed by atoms with Gasteiger partial charge in [0.2, 0.25) is 0 Å². The molecule has 1 atom stereocenters. The van der Waals surface area contributed by atoms with E-state index < -0.39 is 0 Å². The second kappa shape index (κ2) is 9.63. The molecule has 2 aromatic carbocycles. The topological polar surface area (TPSA) is 55.0 Å². The van der Waals surface area contributed by atoms with Crippen LogP contribution in [0.3, 0.4) is 0 Å². The Morgan fingerprint density at radius 1 is 0.935 bits per heavy atom. The predicted molar refractivity (Wildman–Crippen MR) is 133 cm³/mol. The second-order valence-electron chi connectivity index (χ2n) is 7.79. The Labute approximate surface area is 196 Å². The molecule has 0 saturated heterocycles. The van der Waals surface area contributed by atoms with E-state index in [1.807, 2.05) is 18.2 Å². The van der Waals surface area contributed by atoms with Gasteiger partial charge in [0.15, 0.2) is 0 Å². The molecule has 1 unspecified atom stereocenters. The summed E-state index contributed by atoms with van der Waals surface area (Å²) in [5, 5.41) is 0.930. The standard InChI is InChI=1S/C24H24Cl2N4S/c1-30(2)12-6-9-18(27)23-24(29-20-14-17(26)16(25)13-19(20)28-23)22-11-10-21(31-22)15-7-4-3-5-8-15/h3-5,7-8,10-11,13-14,18H,6,9,12,27H2,1-2H3. The number of rotatable bonds is 7. The number of hydrogen-bond donors (Lipinski definition) is 1. The van der Waals surface area contributed by atoms with Crippen molar-refractivity contribution in [2.45, 2.75) is 18.9 Å². The maximum Gasteiger partial charge on any atom is 0.104 e. The molecule has 0 spiro atoms. The molecule has 0 aliphatic heterocycles. The van der Waals surface area contributed by atoms with E-state index in [2.05, 4.69) is 43.3 Å². The van der Waals surface area contributed by atoms with E-state index in [-0.39, 0.29) is 6.04 Å². The van der Waals surface area contributed by atoms with Crippen LogP contribution >= 0.6 is 34.5 Å². The Balaban J connectivity index is 1.78. The average molecular weight is 471 g/mol. The quantitative estimate of drug-likeness (QED) is 0.327. The highest BCUT2D eigenvalue weighted by Crippen LogP contribution is 2.38. The summed E-state index contributed by atoms with van der Waals surface area (Å²) in [4.78, 5) is 14.2. The van der Waals surface area contributed by atoms with Crippen LogP contribution in [0.25, 0.3) is 32.0 Å². The van der Waals surface area contributed by atoms with Crippen LogP contribution < -0.4 is 5.73 Å². The van der Waals surface area contributed by atoms with Gasteiger partial charge in [0, 0.05) is 10.9 Å². The zero-order valence-electron chi connectivity index (χ0n) is 17.5. The van der Waals surface area contributed by atoms with Gasteiger partial charge in [-0.2, -0.15) is 0 Å². The largest absolute Gasteiger partial charge is 0.323 e. The Morgan fingerprint density at radius 3 is 2.26 bits per heavy atom. The lowest BCUT2D eigenvalue weighted by Gasteiger charge is -2.17. The number of halogens is 2. The van der Waals surface area contributed by atoms with Crippen molar-refractivity contribution in [1.82, 2.24) is 14.9 Å². The Hall–Kier alpha value is -2.02. The van der Waals surface area contributed by atoms with Gasteiger partial charge in [-0.1, -0.05) is 53.5 Å². The fourth-order valence-corrected chi connectivity index (χ4v) is 4.82. The molecule has 0 saturated carbocycles. The molecule has 7 heteroatoms. The minimum Gasteiger partial charge on any atom is -0.323 e. The minimum atomic E-state index is -0.219.